The third-order valence-corrected chi connectivity index (χ3v) is 5.71. The molecule has 2 aromatic carbocycles. The van der Waals surface area contributed by atoms with Gasteiger partial charge in [-0.2, -0.15) is 0 Å². The van der Waals surface area contributed by atoms with Crippen molar-refractivity contribution in [1.29, 1.82) is 0 Å². The van der Waals surface area contributed by atoms with Gasteiger partial charge in [0.25, 0.3) is 15.9 Å². The molecule has 0 saturated heterocycles. The molecule has 0 unspecified atom stereocenters. The molecule has 30 heavy (non-hydrogen) atoms. The zero-order chi connectivity index (χ0) is 21.7. The summed E-state index contributed by atoms with van der Waals surface area (Å²) in [6.45, 7) is 5.74. The lowest BCUT2D eigenvalue weighted by atomic mass is 10.1. The molecule has 0 fully saturated rings. The third kappa shape index (κ3) is 5.32. The summed E-state index contributed by atoms with van der Waals surface area (Å²) in [6.07, 6.45) is 2.87. The quantitative estimate of drug-likeness (QED) is 0.600. The molecule has 0 aliphatic rings. The van der Waals surface area contributed by atoms with Crippen molar-refractivity contribution >= 4 is 27.6 Å². The monoisotopic (exact) mass is 426 g/mol. The summed E-state index contributed by atoms with van der Waals surface area (Å²) >= 11 is 0. The average Bonchev–Trinajstić information content (AvgIpc) is 2.70. The molecular weight excluding hydrogens is 404 g/mol. The van der Waals surface area contributed by atoms with Gasteiger partial charge in [-0.3, -0.25) is 4.79 Å². The van der Waals surface area contributed by atoms with Gasteiger partial charge in [0.2, 0.25) is 5.95 Å². The first-order chi connectivity index (χ1) is 14.2. The summed E-state index contributed by atoms with van der Waals surface area (Å²) in [5, 5.41) is 2.69. The molecule has 1 amide bonds. The van der Waals surface area contributed by atoms with Crippen molar-refractivity contribution < 1.29 is 17.9 Å². The number of amides is 1. The van der Waals surface area contributed by atoms with Crippen LogP contribution < -0.4 is 14.8 Å². The molecule has 0 saturated carbocycles. The standard InChI is InChI=1S/C21H22N4O4S/c1-14-11-15(2)16(3)19(12-14)29-13-20(26)24-17-5-7-18(8-6-17)30(27,28)25-21-22-9-4-10-23-21/h4-12H,13H2,1-3H3,(H,24,26)(H,22,23,25). The highest BCUT2D eigenvalue weighted by Crippen LogP contribution is 2.23. The SMILES string of the molecule is Cc1cc(C)c(C)c(OCC(=O)Nc2ccc(S(=O)(=O)Nc3ncccn3)cc2)c1. The average molecular weight is 426 g/mol. The molecule has 0 atom stereocenters. The van der Waals surface area contributed by atoms with Crippen LogP contribution in [0.1, 0.15) is 16.7 Å². The second-order valence-electron chi connectivity index (χ2n) is 6.74. The number of nitrogens with one attached hydrogen (secondary N) is 2. The van der Waals surface area contributed by atoms with Crippen LogP contribution in [0.5, 0.6) is 5.75 Å². The van der Waals surface area contributed by atoms with Crippen LogP contribution in [0.2, 0.25) is 0 Å². The highest BCUT2D eigenvalue weighted by Gasteiger charge is 2.15. The number of carbonyl (C=O) groups excluding carboxylic acids is 1. The highest BCUT2D eigenvalue weighted by atomic mass is 32.2. The molecule has 2 N–H and O–H groups in total. The zero-order valence-electron chi connectivity index (χ0n) is 16.8. The summed E-state index contributed by atoms with van der Waals surface area (Å²) in [5.74, 6) is 0.298. The van der Waals surface area contributed by atoms with Gasteiger partial charge in [-0.05, 0) is 73.9 Å². The van der Waals surface area contributed by atoms with E-state index < -0.39 is 10.0 Å². The molecule has 3 rings (SSSR count). The van der Waals surface area contributed by atoms with Crippen LogP contribution in [-0.2, 0) is 14.8 Å². The van der Waals surface area contributed by atoms with Gasteiger partial charge >= 0.3 is 0 Å². The van der Waals surface area contributed by atoms with Crippen LogP contribution in [0.25, 0.3) is 0 Å². The lowest BCUT2D eigenvalue weighted by Gasteiger charge is -2.12. The van der Waals surface area contributed by atoms with E-state index in [4.69, 9.17) is 4.74 Å². The highest BCUT2D eigenvalue weighted by molar-refractivity contribution is 7.92. The minimum Gasteiger partial charge on any atom is -0.483 e. The van der Waals surface area contributed by atoms with Gasteiger partial charge in [-0.15, -0.1) is 0 Å². The first-order valence-electron chi connectivity index (χ1n) is 9.15. The Hall–Kier alpha value is -3.46. The zero-order valence-corrected chi connectivity index (χ0v) is 17.7. The molecule has 156 valence electrons. The number of carbonyl (C=O) groups is 1. The smallest absolute Gasteiger partial charge is 0.264 e. The number of hydrogen-bond acceptors (Lipinski definition) is 6. The Bertz CT molecular complexity index is 1150. The predicted molar refractivity (Wildman–Crippen MR) is 114 cm³/mol. The normalized spacial score (nSPS) is 11.0. The summed E-state index contributed by atoms with van der Waals surface area (Å²) in [6, 6.07) is 11.3. The Morgan fingerprint density at radius 2 is 1.70 bits per heavy atom. The van der Waals surface area contributed by atoms with E-state index in [0.717, 1.165) is 16.7 Å². The van der Waals surface area contributed by atoms with E-state index in [-0.39, 0.29) is 23.4 Å². The van der Waals surface area contributed by atoms with E-state index in [1.165, 1.54) is 36.7 Å². The van der Waals surface area contributed by atoms with E-state index in [2.05, 4.69) is 26.1 Å². The number of anilines is 2. The minimum absolute atomic E-state index is 0.0197. The molecule has 0 radical (unpaired) electrons. The molecule has 0 aliphatic heterocycles. The van der Waals surface area contributed by atoms with Crippen LogP contribution in [0.15, 0.2) is 59.8 Å². The van der Waals surface area contributed by atoms with Crippen molar-refractivity contribution in [2.24, 2.45) is 0 Å². The Morgan fingerprint density at radius 3 is 2.37 bits per heavy atom. The van der Waals surface area contributed by atoms with E-state index in [9.17, 15) is 13.2 Å². The Labute approximate surface area is 175 Å². The van der Waals surface area contributed by atoms with Crippen LogP contribution >= 0.6 is 0 Å². The molecule has 0 aliphatic carbocycles. The summed E-state index contributed by atoms with van der Waals surface area (Å²) in [4.78, 5) is 19.9. The van der Waals surface area contributed by atoms with E-state index in [0.29, 0.717) is 11.4 Å². The number of aromatic nitrogens is 2. The Morgan fingerprint density at radius 1 is 1.03 bits per heavy atom. The van der Waals surface area contributed by atoms with Crippen molar-refractivity contribution in [1.82, 2.24) is 9.97 Å². The molecule has 0 bridgehead atoms. The number of sulfonamides is 1. The van der Waals surface area contributed by atoms with Crippen molar-refractivity contribution in [3.05, 3.63) is 71.5 Å². The first kappa shape index (κ1) is 21.3. The number of nitrogens with zero attached hydrogens (tertiary/aromatic N) is 2. The van der Waals surface area contributed by atoms with Crippen LogP contribution in [0.3, 0.4) is 0 Å². The predicted octanol–water partition coefficient (Wildman–Crippen LogP) is 3.22. The van der Waals surface area contributed by atoms with Gasteiger partial charge in [-0.25, -0.2) is 23.1 Å². The topological polar surface area (TPSA) is 110 Å². The molecule has 1 aromatic heterocycles. The summed E-state index contributed by atoms with van der Waals surface area (Å²) in [7, 11) is -3.83. The summed E-state index contributed by atoms with van der Waals surface area (Å²) in [5.41, 5.74) is 3.59. The fraction of sp³-hybridized carbons (Fsp3) is 0.190. The number of aryl methyl sites for hydroxylation is 2. The Balaban J connectivity index is 1.61. The van der Waals surface area contributed by atoms with E-state index in [1.54, 1.807) is 6.07 Å². The van der Waals surface area contributed by atoms with Gasteiger partial charge in [0, 0.05) is 18.1 Å². The van der Waals surface area contributed by atoms with Gasteiger partial charge in [0.15, 0.2) is 6.61 Å². The van der Waals surface area contributed by atoms with Crippen molar-refractivity contribution in [2.75, 3.05) is 16.6 Å². The molecule has 3 aromatic rings. The number of benzene rings is 2. The molecule has 9 heteroatoms. The number of hydrogen-bond donors (Lipinski definition) is 2. The first-order valence-corrected chi connectivity index (χ1v) is 10.6. The van der Waals surface area contributed by atoms with Crippen LogP contribution in [0, 0.1) is 20.8 Å². The van der Waals surface area contributed by atoms with E-state index in [1.807, 2.05) is 26.8 Å². The molecule has 1 heterocycles. The summed E-state index contributed by atoms with van der Waals surface area (Å²) < 4.78 is 32.7. The van der Waals surface area contributed by atoms with Gasteiger partial charge in [-0.1, -0.05) is 6.07 Å². The maximum atomic E-state index is 12.4. The van der Waals surface area contributed by atoms with Crippen molar-refractivity contribution in [3.8, 4) is 5.75 Å². The largest absolute Gasteiger partial charge is 0.483 e. The number of ether oxygens (including phenoxy) is 1. The third-order valence-electron chi connectivity index (χ3n) is 4.36. The second-order valence-corrected chi connectivity index (χ2v) is 8.43. The van der Waals surface area contributed by atoms with Crippen LogP contribution in [-0.4, -0.2) is 30.9 Å². The molecular formula is C21H22N4O4S. The van der Waals surface area contributed by atoms with Gasteiger partial charge in [0.1, 0.15) is 5.75 Å². The number of rotatable bonds is 7. The van der Waals surface area contributed by atoms with Crippen molar-refractivity contribution in [3.63, 3.8) is 0 Å². The lowest BCUT2D eigenvalue weighted by Crippen LogP contribution is -2.20. The van der Waals surface area contributed by atoms with E-state index >= 15 is 0 Å². The van der Waals surface area contributed by atoms with Crippen molar-refractivity contribution in [2.45, 2.75) is 25.7 Å². The fourth-order valence-electron chi connectivity index (χ4n) is 2.74. The minimum atomic E-state index is -3.83. The molecule has 8 nitrogen and oxygen atoms in total. The maximum absolute atomic E-state index is 12.4. The van der Waals surface area contributed by atoms with Gasteiger partial charge < -0.3 is 10.1 Å². The molecule has 0 spiro atoms. The lowest BCUT2D eigenvalue weighted by molar-refractivity contribution is -0.118. The second kappa shape index (κ2) is 8.91. The maximum Gasteiger partial charge on any atom is 0.264 e. The van der Waals surface area contributed by atoms with Gasteiger partial charge in [0.05, 0.1) is 4.90 Å². The fourth-order valence-corrected chi connectivity index (χ4v) is 3.70. The Kier molecular flexibility index (Phi) is 6.31. The van der Waals surface area contributed by atoms with Crippen LogP contribution in [0.4, 0.5) is 11.6 Å².